The summed E-state index contributed by atoms with van der Waals surface area (Å²) in [5, 5.41) is 11.3. The summed E-state index contributed by atoms with van der Waals surface area (Å²) in [7, 11) is 1.26. The number of aliphatic imine (C=N–C) groups is 1. The van der Waals surface area contributed by atoms with Crippen LogP contribution in [0.3, 0.4) is 0 Å². The van der Waals surface area contributed by atoms with E-state index >= 15 is 0 Å². The van der Waals surface area contributed by atoms with E-state index in [4.69, 9.17) is 10.5 Å². The van der Waals surface area contributed by atoms with Crippen LogP contribution in [0.1, 0.15) is 46.5 Å². The van der Waals surface area contributed by atoms with Crippen molar-refractivity contribution in [1.29, 1.82) is 0 Å². The van der Waals surface area contributed by atoms with Crippen LogP contribution in [-0.4, -0.2) is 28.9 Å². The Balaban J connectivity index is 1.96. The number of fused-ring (bicyclic) bond motifs is 1. The van der Waals surface area contributed by atoms with E-state index in [1.54, 1.807) is 36.4 Å². The first kappa shape index (κ1) is 25.0. The van der Waals surface area contributed by atoms with Gasteiger partial charge in [0.2, 0.25) is 0 Å². The van der Waals surface area contributed by atoms with E-state index in [0.29, 0.717) is 16.5 Å². The number of halogens is 3. The lowest BCUT2D eigenvalue weighted by atomic mass is 9.90. The number of benzene rings is 3. The summed E-state index contributed by atoms with van der Waals surface area (Å²) < 4.78 is 46.5. The number of hydrogen-bond acceptors (Lipinski definition) is 5. The number of alkyl halides is 3. The topological polar surface area (TPSA) is 101 Å². The molecule has 4 N–H and O–H groups in total. The highest BCUT2D eigenvalue weighted by molar-refractivity contribution is 6.22. The molecule has 0 aliphatic carbocycles. The van der Waals surface area contributed by atoms with Gasteiger partial charge in [0.05, 0.1) is 35.2 Å². The molecule has 0 bridgehead atoms. The molecule has 4 aromatic rings. The van der Waals surface area contributed by atoms with Gasteiger partial charge in [-0.2, -0.15) is 13.2 Å². The molecule has 0 saturated carbocycles. The minimum atomic E-state index is -4.64. The molecule has 1 heterocycles. The number of nitrogens with two attached hydrogens (primary N) is 1. The van der Waals surface area contributed by atoms with Crippen LogP contribution in [0.5, 0.6) is 5.88 Å². The SMILES string of the molecule is COC(=O)c1ccc2c(C(=Nc3ccc(C(C)(C)N)c(C(F)(F)F)c3)c3ccccc3)c(O)[nH]c2c1. The van der Waals surface area contributed by atoms with Crippen molar-refractivity contribution in [2.45, 2.75) is 25.6 Å². The summed E-state index contributed by atoms with van der Waals surface area (Å²) >= 11 is 0. The number of nitrogens with zero attached hydrogens (tertiary/aromatic N) is 1. The van der Waals surface area contributed by atoms with E-state index in [1.807, 2.05) is 0 Å². The second kappa shape index (κ2) is 9.16. The van der Waals surface area contributed by atoms with E-state index in [9.17, 15) is 23.1 Å². The van der Waals surface area contributed by atoms with Gasteiger partial charge in [-0.05, 0) is 43.7 Å². The number of hydrogen-bond donors (Lipinski definition) is 3. The number of ether oxygens (including phenoxy) is 1. The Bertz CT molecular complexity index is 1470. The smallest absolute Gasteiger partial charge is 0.416 e. The fourth-order valence-corrected chi connectivity index (χ4v) is 4.06. The van der Waals surface area contributed by atoms with Crippen molar-refractivity contribution < 1.29 is 27.8 Å². The number of nitrogens with one attached hydrogen (secondary N) is 1. The first-order valence-electron chi connectivity index (χ1n) is 11.0. The predicted octanol–water partition coefficient (Wildman–Crippen LogP) is 6.04. The summed E-state index contributed by atoms with van der Waals surface area (Å²) in [6, 6.07) is 17.2. The fourth-order valence-electron chi connectivity index (χ4n) is 4.06. The van der Waals surface area contributed by atoms with Crippen LogP contribution in [0.25, 0.3) is 10.9 Å². The van der Waals surface area contributed by atoms with Crippen LogP contribution < -0.4 is 5.73 Å². The maximum atomic E-state index is 13.9. The van der Waals surface area contributed by atoms with E-state index in [0.717, 1.165) is 6.07 Å². The minimum Gasteiger partial charge on any atom is -0.494 e. The third-order valence-electron chi connectivity index (χ3n) is 5.73. The average Bonchev–Trinajstić information content (AvgIpc) is 3.16. The molecular formula is C27H24F3N3O3. The summed E-state index contributed by atoms with van der Waals surface area (Å²) in [5.41, 5.74) is 5.68. The molecule has 0 aliphatic heterocycles. The number of aromatic amines is 1. The van der Waals surface area contributed by atoms with Gasteiger partial charge in [0.15, 0.2) is 5.88 Å². The summed E-state index contributed by atoms with van der Waals surface area (Å²) in [4.78, 5) is 19.3. The number of carbonyl (C=O) groups excluding carboxylic acids is 1. The Morgan fingerprint density at radius 3 is 2.28 bits per heavy atom. The quantitative estimate of drug-likeness (QED) is 0.232. The number of aromatic hydroxyl groups is 1. The summed E-state index contributed by atoms with van der Waals surface area (Å²) in [5.74, 6) is -0.794. The Morgan fingerprint density at radius 2 is 1.67 bits per heavy atom. The van der Waals surface area contributed by atoms with Crippen LogP contribution in [0.4, 0.5) is 18.9 Å². The third kappa shape index (κ3) is 4.83. The lowest BCUT2D eigenvalue weighted by molar-refractivity contribution is -0.138. The molecule has 186 valence electrons. The number of aromatic nitrogens is 1. The molecule has 9 heteroatoms. The van der Waals surface area contributed by atoms with Gasteiger partial charge in [-0.1, -0.05) is 42.5 Å². The van der Waals surface area contributed by atoms with Gasteiger partial charge in [-0.25, -0.2) is 9.79 Å². The van der Waals surface area contributed by atoms with E-state index in [2.05, 4.69) is 9.98 Å². The second-order valence-corrected chi connectivity index (χ2v) is 8.88. The van der Waals surface area contributed by atoms with Crippen molar-refractivity contribution in [1.82, 2.24) is 4.98 Å². The molecule has 0 amide bonds. The van der Waals surface area contributed by atoms with Crippen molar-refractivity contribution >= 4 is 28.3 Å². The minimum absolute atomic E-state index is 0.0362. The molecule has 0 aliphatic rings. The predicted molar refractivity (Wildman–Crippen MR) is 132 cm³/mol. The van der Waals surface area contributed by atoms with Gasteiger partial charge >= 0.3 is 12.1 Å². The molecular weight excluding hydrogens is 471 g/mol. The molecule has 6 nitrogen and oxygen atoms in total. The van der Waals surface area contributed by atoms with Crippen molar-refractivity contribution in [2.75, 3.05) is 7.11 Å². The monoisotopic (exact) mass is 495 g/mol. The zero-order valence-electron chi connectivity index (χ0n) is 19.8. The van der Waals surface area contributed by atoms with E-state index in [1.165, 1.54) is 45.2 Å². The zero-order chi connectivity index (χ0) is 26.3. The lowest BCUT2D eigenvalue weighted by Crippen LogP contribution is -2.31. The highest BCUT2D eigenvalue weighted by Gasteiger charge is 2.37. The van der Waals surface area contributed by atoms with Gasteiger partial charge in [0, 0.05) is 22.0 Å². The largest absolute Gasteiger partial charge is 0.494 e. The standard InChI is InChI=1S/C27H24F3N3O3/c1-26(2,31)19-12-10-17(14-20(19)27(28,29)30)32-23(15-7-5-4-6-8-15)22-18-11-9-16(25(35)36-3)13-21(18)33-24(22)34/h4-14,33-34H,31H2,1-3H3. The number of esters is 1. The molecule has 3 aromatic carbocycles. The van der Waals surface area contributed by atoms with Crippen LogP contribution in [0.15, 0.2) is 71.7 Å². The molecule has 0 fully saturated rings. The maximum Gasteiger partial charge on any atom is 0.416 e. The third-order valence-corrected chi connectivity index (χ3v) is 5.73. The average molecular weight is 496 g/mol. The Labute approximate surface area is 205 Å². The van der Waals surface area contributed by atoms with Crippen molar-refractivity contribution in [2.24, 2.45) is 10.7 Å². The first-order valence-corrected chi connectivity index (χ1v) is 11.0. The number of H-pyrrole nitrogens is 1. The summed E-state index contributed by atoms with van der Waals surface area (Å²) in [6.45, 7) is 3.00. The van der Waals surface area contributed by atoms with Gasteiger partial charge in [-0.15, -0.1) is 0 Å². The summed E-state index contributed by atoms with van der Waals surface area (Å²) in [6.07, 6.45) is -4.64. The van der Waals surface area contributed by atoms with Crippen molar-refractivity contribution in [3.63, 3.8) is 0 Å². The Morgan fingerprint density at radius 1 is 0.972 bits per heavy atom. The van der Waals surface area contributed by atoms with Crippen LogP contribution in [0.2, 0.25) is 0 Å². The van der Waals surface area contributed by atoms with Crippen LogP contribution in [0, 0.1) is 0 Å². The van der Waals surface area contributed by atoms with Crippen LogP contribution >= 0.6 is 0 Å². The maximum absolute atomic E-state index is 13.9. The number of rotatable bonds is 5. The zero-order valence-corrected chi connectivity index (χ0v) is 19.8. The molecule has 1 aromatic heterocycles. The molecule has 0 atom stereocenters. The normalized spacial score (nSPS) is 12.7. The Hall–Kier alpha value is -4.11. The first-order chi connectivity index (χ1) is 16.9. The molecule has 4 rings (SSSR count). The highest BCUT2D eigenvalue weighted by atomic mass is 19.4. The highest BCUT2D eigenvalue weighted by Crippen LogP contribution is 2.39. The van der Waals surface area contributed by atoms with Gasteiger partial charge in [0.1, 0.15) is 0 Å². The Kier molecular flexibility index (Phi) is 6.36. The van der Waals surface area contributed by atoms with Crippen molar-refractivity contribution in [3.8, 4) is 5.88 Å². The second-order valence-electron chi connectivity index (χ2n) is 8.88. The number of methoxy groups -OCH3 is 1. The fraction of sp³-hybridized carbons (Fsp3) is 0.185. The molecule has 0 radical (unpaired) electrons. The molecule has 36 heavy (non-hydrogen) atoms. The molecule has 0 saturated heterocycles. The van der Waals surface area contributed by atoms with E-state index in [-0.39, 0.29) is 34.0 Å². The van der Waals surface area contributed by atoms with Gasteiger partial charge < -0.3 is 20.6 Å². The molecule has 0 spiro atoms. The number of carbonyl (C=O) groups is 1. The van der Waals surface area contributed by atoms with Gasteiger partial charge in [-0.3, -0.25) is 0 Å². The van der Waals surface area contributed by atoms with Crippen LogP contribution in [-0.2, 0) is 16.5 Å². The lowest BCUT2D eigenvalue weighted by Gasteiger charge is -2.24. The van der Waals surface area contributed by atoms with Crippen molar-refractivity contribution in [3.05, 3.63) is 94.5 Å². The van der Waals surface area contributed by atoms with Gasteiger partial charge in [0.25, 0.3) is 0 Å². The van der Waals surface area contributed by atoms with E-state index < -0.39 is 23.2 Å². The molecule has 0 unspecified atom stereocenters.